The van der Waals surface area contributed by atoms with Crippen LogP contribution in [-0.4, -0.2) is 19.9 Å². The van der Waals surface area contributed by atoms with Crippen molar-refractivity contribution < 1.29 is 19.0 Å². The van der Waals surface area contributed by atoms with Crippen molar-refractivity contribution in [2.45, 2.75) is 6.54 Å². The maximum atomic E-state index is 12.0. The second kappa shape index (κ2) is 6.78. The Morgan fingerprint density at radius 1 is 1.22 bits per heavy atom. The van der Waals surface area contributed by atoms with Gasteiger partial charge in [-0.1, -0.05) is 22.0 Å². The minimum Gasteiger partial charge on any atom is -0.495 e. The van der Waals surface area contributed by atoms with Gasteiger partial charge in [0.1, 0.15) is 5.75 Å². The van der Waals surface area contributed by atoms with Crippen LogP contribution >= 0.6 is 15.9 Å². The summed E-state index contributed by atoms with van der Waals surface area (Å²) in [6.07, 6.45) is 0. The molecule has 0 fully saturated rings. The second-order valence-electron chi connectivity index (χ2n) is 4.84. The third-order valence-corrected chi connectivity index (χ3v) is 3.79. The van der Waals surface area contributed by atoms with Gasteiger partial charge in [-0.2, -0.15) is 0 Å². The maximum absolute atomic E-state index is 12.0. The number of anilines is 1. The van der Waals surface area contributed by atoms with Crippen LogP contribution in [0.5, 0.6) is 17.2 Å². The Balaban J connectivity index is 1.61. The first-order valence-corrected chi connectivity index (χ1v) is 7.72. The Hall–Kier alpha value is -2.41. The van der Waals surface area contributed by atoms with Gasteiger partial charge >= 0.3 is 6.03 Å². The van der Waals surface area contributed by atoms with Gasteiger partial charge in [-0.15, -0.1) is 0 Å². The smallest absolute Gasteiger partial charge is 0.319 e. The summed E-state index contributed by atoms with van der Waals surface area (Å²) in [7, 11) is 1.55. The first-order valence-electron chi connectivity index (χ1n) is 6.92. The first kappa shape index (κ1) is 15.5. The molecule has 120 valence electrons. The van der Waals surface area contributed by atoms with Gasteiger partial charge in [0, 0.05) is 11.0 Å². The van der Waals surface area contributed by atoms with E-state index in [1.54, 1.807) is 19.2 Å². The number of halogens is 1. The van der Waals surface area contributed by atoms with E-state index in [4.69, 9.17) is 14.2 Å². The molecule has 0 spiro atoms. The van der Waals surface area contributed by atoms with E-state index < -0.39 is 0 Å². The molecule has 0 atom stereocenters. The molecular formula is C16H15BrN2O4. The molecule has 3 rings (SSSR count). The molecule has 1 heterocycles. The zero-order chi connectivity index (χ0) is 16.2. The molecule has 0 aliphatic carbocycles. The van der Waals surface area contributed by atoms with Gasteiger partial charge in [0.15, 0.2) is 11.5 Å². The van der Waals surface area contributed by atoms with E-state index in [9.17, 15) is 4.79 Å². The van der Waals surface area contributed by atoms with E-state index in [2.05, 4.69) is 26.6 Å². The molecule has 2 aromatic carbocycles. The Labute approximate surface area is 141 Å². The largest absolute Gasteiger partial charge is 0.495 e. The average Bonchev–Trinajstić information content (AvgIpc) is 3.01. The van der Waals surface area contributed by atoms with Gasteiger partial charge < -0.3 is 24.8 Å². The minimum absolute atomic E-state index is 0.232. The van der Waals surface area contributed by atoms with Crippen molar-refractivity contribution in [2.24, 2.45) is 0 Å². The Morgan fingerprint density at radius 2 is 2.04 bits per heavy atom. The van der Waals surface area contributed by atoms with E-state index >= 15 is 0 Å². The summed E-state index contributed by atoms with van der Waals surface area (Å²) < 4.78 is 16.6. The predicted molar refractivity (Wildman–Crippen MR) is 89.1 cm³/mol. The fraction of sp³-hybridized carbons (Fsp3) is 0.188. The molecule has 2 aromatic rings. The first-order chi connectivity index (χ1) is 11.2. The van der Waals surface area contributed by atoms with Gasteiger partial charge in [0.25, 0.3) is 0 Å². The number of hydrogen-bond donors (Lipinski definition) is 2. The number of amides is 2. The molecule has 0 bridgehead atoms. The quantitative estimate of drug-likeness (QED) is 0.853. The normalized spacial score (nSPS) is 11.9. The van der Waals surface area contributed by atoms with Crippen LogP contribution < -0.4 is 24.8 Å². The molecule has 2 N–H and O–H groups in total. The lowest BCUT2D eigenvalue weighted by Crippen LogP contribution is -2.28. The number of nitrogens with one attached hydrogen (secondary N) is 2. The molecule has 0 unspecified atom stereocenters. The fourth-order valence-electron chi connectivity index (χ4n) is 2.18. The van der Waals surface area contributed by atoms with Gasteiger partial charge in [-0.25, -0.2) is 4.79 Å². The molecule has 0 aromatic heterocycles. The monoisotopic (exact) mass is 378 g/mol. The molecule has 7 heteroatoms. The topological polar surface area (TPSA) is 68.8 Å². The third kappa shape index (κ3) is 3.68. The molecule has 2 amide bonds. The van der Waals surface area contributed by atoms with Gasteiger partial charge in [0.05, 0.1) is 12.8 Å². The number of carbonyl (C=O) groups excluding carboxylic acids is 1. The van der Waals surface area contributed by atoms with Gasteiger partial charge in [-0.05, 0) is 35.9 Å². The highest BCUT2D eigenvalue weighted by atomic mass is 79.9. The number of hydrogen-bond acceptors (Lipinski definition) is 4. The highest BCUT2D eigenvalue weighted by molar-refractivity contribution is 9.10. The van der Waals surface area contributed by atoms with E-state index in [0.29, 0.717) is 23.7 Å². The molecule has 1 aliphatic rings. The summed E-state index contributed by atoms with van der Waals surface area (Å²) in [6.45, 7) is 0.605. The highest BCUT2D eigenvalue weighted by Crippen LogP contribution is 2.32. The molecule has 23 heavy (non-hydrogen) atoms. The summed E-state index contributed by atoms with van der Waals surface area (Å²) >= 11 is 3.37. The van der Waals surface area contributed by atoms with Crippen LogP contribution in [0.1, 0.15) is 5.56 Å². The van der Waals surface area contributed by atoms with Crippen LogP contribution in [0.25, 0.3) is 0 Å². The second-order valence-corrected chi connectivity index (χ2v) is 5.76. The van der Waals surface area contributed by atoms with E-state index in [-0.39, 0.29) is 12.8 Å². The zero-order valence-corrected chi connectivity index (χ0v) is 14.0. The lowest BCUT2D eigenvalue weighted by molar-refractivity contribution is 0.174. The molecule has 6 nitrogen and oxygen atoms in total. The van der Waals surface area contributed by atoms with Gasteiger partial charge in [0.2, 0.25) is 6.79 Å². The Kier molecular flexibility index (Phi) is 4.57. The predicted octanol–water partition coefficient (Wildman–Crippen LogP) is 3.51. The van der Waals surface area contributed by atoms with Crippen molar-refractivity contribution in [1.82, 2.24) is 5.32 Å². The lowest BCUT2D eigenvalue weighted by Gasteiger charge is -2.12. The van der Waals surface area contributed by atoms with Crippen molar-refractivity contribution in [3.05, 3.63) is 46.4 Å². The summed E-state index contributed by atoms with van der Waals surface area (Å²) in [4.78, 5) is 12.0. The van der Waals surface area contributed by atoms with Crippen LogP contribution in [0.2, 0.25) is 0 Å². The van der Waals surface area contributed by atoms with Crippen LogP contribution in [0.15, 0.2) is 40.9 Å². The average molecular weight is 379 g/mol. The van der Waals surface area contributed by atoms with Crippen LogP contribution in [-0.2, 0) is 6.54 Å². The Bertz CT molecular complexity index is 736. The molecule has 0 radical (unpaired) electrons. The van der Waals surface area contributed by atoms with Crippen molar-refractivity contribution in [2.75, 3.05) is 19.2 Å². The van der Waals surface area contributed by atoms with Crippen molar-refractivity contribution in [3.63, 3.8) is 0 Å². The SMILES string of the molecule is COc1ccc(Br)cc1NC(=O)NCc1ccc2c(c1)OCO2. The summed E-state index contributed by atoms with van der Waals surface area (Å²) in [5.41, 5.74) is 1.51. The molecule has 1 aliphatic heterocycles. The Morgan fingerprint density at radius 3 is 2.87 bits per heavy atom. The number of ether oxygens (including phenoxy) is 3. The zero-order valence-electron chi connectivity index (χ0n) is 12.4. The van der Waals surface area contributed by atoms with Crippen molar-refractivity contribution in [1.29, 1.82) is 0 Å². The standard InChI is InChI=1S/C16H15BrN2O4/c1-21-13-5-3-11(17)7-12(13)19-16(20)18-8-10-2-4-14-15(6-10)23-9-22-14/h2-7H,8-9H2,1H3,(H2,18,19,20). The van der Waals surface area contributed by atoms with E-state index in [0.717, 1.165) is 15.8 Å². The maximum Gasteiger partial charge on any atom is 0.319 e. The number of methoxy groups -OCH3 is 1. The van der Waals surface area contributed by atoms with E-state index in [1.165, 1.54) is 0 Å². The summed E-state index contributed by atoms with van der Waals surface area (Å²) in [5, 5.41) is 5.56. The number of benzene rings is 2. The third-order valence-electron chi connectivity index (χ3n) is 3.30. The van der Waals surface area contributed by atoms with Crippen LogP contribution in [0, 0.1) is 0 Å². The lowest BCUT2D eigenvalue weighted by atomic mass is 10.2. The minimum atomic E-state index is -0.320. The van der Waals surface area contributed by atoms with Crippen LogP contribution in [0.3, 0.4) is 0 Å². The number of urea groups is 1. The number of fused-ring (bicyclic) bond motifs is 1. The molecular weight excluding hydrogens is 364 g/mol. The van der Waals surface area contributed by atoms with E-state index in [1.807, 2.05) is 24.3 Å². The molecule has 0 saturated heterocycles. The molecule has 0 saturated carbocycles. The summed E-state index contributed by atoms with van der Waals surface area (Å²) in [6, 6.07) is 10.6. The van der Waals surface area contributed by atoms with Crippen molar-refractivity contribution >= 4 is 27.6 Å². The number of rotatable bonds is 4. The number of carbonyl (C=O) groups is 1. The summed E-state index contributed by atoms with van der Waals surface area (Å²) in [5.74, 6) is 2.00. The fourth-order valence-corrected chi connectivity index (χ4v) is 2.54. The van der Waals surface area contributed by atoms with Gasteiger partial charge in [-0.3, -0.25) is 0 Å². The van der Waals surface area contributed by atoms with Crippen LogP contribution in [0.4, 0.5) is 10.5 Å². The van der Waals surface area contributed by atoms with Crippen molar-refractivity contribution in [3.8, 4) is 17.2 Å². The highest BCUT2D eigenvalue weighted by Gasteiger charge is 2.13.